The van der Waals surface area contributed by atoms with Gasteiger partial charge in [-0.25, -0.2) is 0 Å². The lowest BCUT2D eigenvalue weighted by Gasteiger charge is -2.06. The molecule has 0 amide bonds. The molecule has 0 aromatic heterocycles. The number of phenolic OH excluding ortho intramolecular Hbond substituents is 1. The van der Waals surface area contributed by atoms with Crippen LogP contribution in [-0.2, 0) is 11.2 Å². The van der Waals surface area contributed by atoms with Crippen molar-refractivity contribution >= 4 is 17.5 Å². The predicted molar refractivity (Wildman–Crippen MR) is 54.3 cm³/mol. The van der Waals surface area contributed by atoms with E-state index in [4.69, 9.17) is 0 Å². The number of carbonyl (C=O) groups excluding carboxylic acids is 1. The average molecular weight is 196 g/mol. The summed E-state index contributed by atoms with van der Waals surface area (Å²) in [5.74, 6) is 0.277. The monoisotopic (exact) mass is 196 g/mol. The number of benzene rings is 1. The lowest BCUT2D eigenvalue weighted by molar-refractivity contribution is -0.116. The molecule has 2 nitrogen and oxygen atoms in total. The second-order valence-electron chi connectivity index (χ2n) is 2.84. The van der Waals surface area contributed by atoms with E-state index in [2.05, 4.69) is 0 Å². The van der Waals surface area contributed by atoms with E-state index < -0.39 is 0 Å². The van der Waals surface area contributed by atoms with Gasteiger partial charge < -0.3 is 5.11 Å². The smallest absolute Gasteiger partial charge is 0.134 e. The van der Waals surface area contributed by atoms with E-state index in [-0.39, 0.29) is 11.5 Å². The molecule has 1 N–H and O–H groups in total. The molecule has 0 aliphatic carbocycles. The van der Waals surface area contributed by atoms with Crippen LogP contribution in [0.5, 0.6) is 5.75 Å². The maximum absolute atomic E-state index is 10.9. The first kappa shape index (κ1) is 10.1. The zero-order chi connectivity index (χ0) is 9.84. The zero-order valence-electron chi connectivity index (χ0n) is 7.70. The number of hydrogen-bond acceptors (Lipinski definition) is 3. The predicted octanol–water partition coefficient (Wildman–Crippen LogP) is 2.25. The molecule has 0 saturated carbocycles. The first-order valence-corrected chi connectivity index (χ1v) is 5.22. The van der Waals surface area contributed by atoms with E-state index >= 15 is 0 Å². The molecule has 1 rings (SSSR count). The molecule has 0 radical (unpaired) electrons. The minimum Gasteiger partial charge on any atom is -0.508 e. The van der Waals surface area contributed by atoms with Gasteiger partial charge in [-0.1, -0.05) is 6.07 Å². The molecule has 0 aliphatic heterocycles. The van der Waals surface area contributed by atoms with Crippen LogP contribution in [0.2, 0.25) is 0 Å². The van der Waals surface area contributed by atoms with E-state index in [0.29, 0.717) is 6.42 Å². The molecule has 0 heterocycles. The van der Waals surface area contributed by atoms with Crippen molar-refractivity contribution in [2.75, 3.05) is 6.26 Å². The molecule has 0 atom stereocenters. The van der Waals surface area contributed by atoms with Crippen molar-refractivity contribution in [2.24, 2.45) is 0 Å². The SMILES string of the molecule is CSc1cccc(O)c1CC(C)=O. The first-order chi connectivity index (χ1) is 6.15. The van der Waals surface area contributed by atoms with Gasteiger partial charge in [-0.2, -0.15) is 0 Å². The molecule has 0 aliphatic rings. The Morgan fingerprint density at radius 2 is 2.23 bits per heavy atom. The lowest BCUT2D eigenvalue weighted by atomic mass is 10.1. The van der Waals surface area contributed by atoms with E-state index in [1.807, 2.05) is 12.3 Å². The second kappa shape index (κ2) is 4.33. The maximum Gasteiger partial charge on any atom is 0.134 e. The first-order valence-electron chi connectivity index (χ1n) is 3.99. The van der Waals surface area contributed by atoms with Crippen molar-refractivity contribution in [2.45, 2.75) is 18.2 Å². The Morgan fingerprint density at radius 1 is 1.54 bits per heavy atom. The van der Waals surface area contributed by atoms with Crippen molar-refractivity contribution in [1.82, 2.24) is 0 Å². The molecule has 0 fully saturated rings. The molecule has 1 aromatic rings. The number of phenols is 1. The summed E-state index contributed by atoms with van der Waals surface area (Å²) < 4.78 is 0. The van der Waals surface area contributed by atoms with Gasteiger partial charge in [0.05, 0.1) is 0 Å². The van der Waals surface area contributed by atoms with Gasteiger partial charge >= 0.3 is 0 Å². The topological polar surface area (TPSA) is 37.3 Å². The van der Waals surface area contributed by atoms with Crippen molar-refractivity contribution in [3.8, 4) is 5.75 Å². The summed E-state index contributed by atoms with van der Waals surface area (Å²) in [4.78, 5) is 11.9. The standard InChI is InChI=1S/C10H12O2S/c1-7(11)6-8-9(12)4-3-5-10(8)13-2/h3-5,12H,6H2,1-2H3. The van der Waals surface area contributed by atoms with Gasteiger partial charge in [0.2, 0.25) is 0 Å². The van der Waals surface area contributed by atoms with Crippen LogP contribution in [0.4, 0.5) is 0 Å². The quantitative estimate of drug-likeness (QED) is 0.753. The van der Waals surface area contributed by atoms with Gasteiger partial charge in [0, 0.05) is 16.9 Å². The van der Waals surface area contributed by atoms with Gasteiger partial charge in [-0.3, -0.25) is 4.79 Å². The zero-order valence-corrected chi connectivity index (χ0v) is 8.52. The largest absolute Gasteiger partial charge is 0.508 e. The Bertz CT molecular complexity index is 321. The highest BCUT2D eigenvalue weighted by Gasteiger charge is 2.08. The van der Waals surface area contributed by atoms with Gasteiger partial charge in [-0.15, -0.1) is 11.8 Å². The number of Topliss-reactive ketones (excluding diaryl/α,β-unsaturated/α-hetero) is 1. The van der Waals surface area contributed by atoms with E-state index in [9.17, 15) is 9.90 Å². The molecule has 0 bridgehead atoms. The fourth-order valence-corrected chi connectivity index (χ4v) is 1.81. The van der Waals surface area contributed by atoms with Crippen LogP contribution in [0.15, 0.2) is 23.1 Å². The van der Waals surface area contributed by atoms with Crippen molar-refractivity contribution in [1.29, 1.82) is 0 Å². The Morgan fingerprint density at radius 3 is 2.77 bits per heavy atom. The number of aromatic hydroxyl groups is 1. The van der Waals surface area contributed by atoms with E-state index in [1.54, 1.807) is 12.1 Å². The number of carbonyl (C=O) groups is 1. The van der Waals surface area contributed by atoms with E-state index in [1.165, 1.54) is 18.7 Å². The number of ketones is 1. The van der Waals surface area contributed by atoms with Crippen LogP contribution in [0, 0.1) is 0 Å². The minimum atomic E-state index is 0.0665. The second-order valence-corrected chi connectivity index (χ2v) is 3.68. The van der Waals surface area contributed by atoms with Crippen LogP contribution in [0.1, 0.15) is 12.5 Å². The van der Waals surface area contributed by atoms with E-state index in [0.717, 1.165) is 10.5 Å². The highest BCUT2D eigenvalue weighted by Crippen LogP contribution is 2.28. The summed E-state index contributed by atoms with van der Waals surface area (Å²) in [5, 5.41) is 9.51. The highest BCUT2D eigenvalue weighted by molar-refractivity contribution is 7.98. The Kier molecular flexibility index (Phi) is 3.37. The molecule has 0 unspecified atom stereocenters. The summed E-state index contributed by atoms with van der Waals surface area (Å²) in [6, 6.07) is 5.30. The third kappa shape index (κ3) is 2.49. The normalized spacial score (nSPS) is 10.0. The van der Waals surface area contributed by atoms with Gasteiger partial charge in [0.1, 0.15) is 11.5 Å². The van der Waals surface area contributed by atoms with Crippen molar-refractivity contribution in [3.05, 3.63) is 23.8 Å². The highest BCUT2D eigenvalue weighted by atomic mass is 32.2. The Balaban J connectivity index is 3.07. The fraction of sp³-hybridized carbons (Fsp3) is 0.300. The van der Waals surface area contributed by atoms with Crippen LogP contribution in [0.3, 0.4) is 0 Å². The summed E-state index contributed by atoms with van der Waals surface area (Å²) in [7, 11) is 0. The van der Waals surface area contributed by atoms with Gasteiger partial charge in [0.25, 0.3) is 0 Å². The van der Waals surface area contributed by atoms with Crippen molar-refractivity contribution in [3.63, 3.8) is 0 Å². The molecule has 0 spiro atoms. The molecule has 70 valence electrons. The number of hydrogen-bond donors (Lipinski definition) is 1. The molecule has 1 aromatic carbocycles. The summed E-state index contributed by atoms with van der Waals surface area (Å²) >= 11 is 1.54. The maximum atomic E-state index is 10.9. The third-order valence-electron chi connectivity index (χ3n) is 1.75. The summed E-state index contributed by atoms with van der Waals surface area (Å²) in [6.45, 7) is 1.52. The van der Waals surface area contributed by atoms with Crippen molar-refractivity contribution < 1.29 is 9.90 Å². The Labute approximate surface area is 82.0 Å². The van der Waals surface area contributed by atoms with Crippen LogP contribution >= 0.6 is 11.8 Å². The third-order valence-corrected chi connectivity index (χ3v) is 2.58. The number of rotatable bonds is 3. The van der Waals surface area contributed by atoms with Crippen LogP contribution in [0.25, 0.3) is 0 Å². The molecule has 13 heavy (non-hydrogen) atoms. The summed E-state index contributed by atoms with van der Waals surface area (Å²) in [6.07, 6.45) is 2.24. The lowest BCUT2D eigenvalue weighted by Crippen LogP contribution is -1.98. The van der Waals surface area contributed by atoms with Gasteiger partial charge in [0.15, 0.2) is 0 Å². The number of thioether (sulfide) groups is 1. The van der Waals surface area contributed by atoms with Gasteiger partial charge in [-0.05, 0) is 25.3 Å². The van der Waals surface area contributed by atoms with Crippen LogP contribution < -0.4 is 0 Å². The fourth-order valence-electron chi connectivity index (χ4n) is 1.17. The minimum absolute atomic E-state index is 0.0665. The Hall–Kier alpha value is -0.960. The molecular formula is C10H12O2S. The average Bonchev–Trinajstić information content (AvgIpc) is 2.08. The van der Waals surface area contributed by atoms with Crippen LogP contribution in [-0.4, -0.2) is 17.1 Å². The molecule has 0 saturated heterocycles. The molecular weight excluding hydrogens is 184 g/mol. The molecule has 3 heteroatoms. The summed E-state index contributed by atoms with van der Waals surface area (Å²) in [5.41, 5.74) is 0.738.